The molecule has 0 saturated carbocycles. The summed E-state index contributed by atoms with van der Waals surface area (Å²) in [5.41, 5.74) is 16.5. The molecule has 4 aromatic carbocycles. The molecule has 4 aliphatic rings. The molecule has 2 aliphatic heterocycles. The molecule has 0 aromatic heterocycles. The Labute approximate surface area is 273 Å². The molecule has 2 nitrogen and oxygen atoms in total. The number of fused-ring (bicyclic) bond motifs is 10. The van der Waals surface area contributed by atoms with Crippen LogP contribution in [0.1, 0.15) is 88.5 Å². The van der Waals surface area contributed by atoms with Crippen molar-refractivity contribution in [2.75, 3.05) is 22.1 Å². The third-order valence-electron chi connectivity index (χ3n) is 11.3. The zero-order chi connectivity index (χ0) is 31.6. The molecule has 4 aromatic rings. The molecule has 6 atom stereocenters. The smallest absolute Gasteiger partial charge is 0.0665 e. The molecule has 2 aliphatic carbocycles. The van der Waals surface area contributed by atoms with Gasteiger partial charge in [-0.2, -0.15) is 0 Å². The van der Waals surface area contributed by atoms with E-state index in [0.29, 0.717) is 35.8 Å². The number of anilines is 2. The summed E-state index contributed by atoms with van der Waals surface area (Å²) in [5, 5.41) is 0. The zero-order valence-corrected chi connectivity index (χ0v) is 30.8. The first kappa shape index (κ1) is 29.3. The molecule has 6 unspecified atom stereocenters. The van der Waals surface area contributed by atoms with Crippen LogP contribution in [0.2, 0.25) is 39.3 Å². The fraction of sp³-hybridized carbons (Fsp3) is 0.415. The summed E-state index contributed by atoms with van der Waals surface area (Å²) in [6, 6.07) is 32.4. The summed E-state index contributed by atoms with van der Waals surface area (Å²) in [5.74, 6) is 2.12. The SMILES string of the molecule is Cc1ccc2c(c1)C1C(C)c3ccc(-c4ccc5c(c4)C4C(C)c6ccccc6C4N5C[Si](C)(C)C)cc3C1N2C[Si](C)(C)C. The van der Waals surface area contributed by atoms with Crippen molar-refractivity contribution in [2.45, 2.75) is 95.8 Å². The van der Waals surface area contributed by atoms with Gasteiger partial charge < -0.3 is 9.80 Å². The molecular formula is C41H50N2Si2. The van der Waals surface area contributed by atoms with Crippen LogP contribution in [0.25, 0.3) is 11.1 Å². The van der Waals surface area contributed by atoms with Crippen LogP contribution in [0.4, 0.5) is 11.4 Å². The molecule has 232 valence electrons. The van der Waals surface area contributed by atoms with Crippen molar-refractivity contribution in [1.29, 1.82) is 0 Å². The van der Waals surface area contributed by atoms with E-state index in [1.165, 1.54) is 40.4 Å². The Morgan fingerprint density at radius 2 is 0.978 bits per heavy atom. The lowest BCUT2D eigenvalue weighted by molar-refractivity contribution is 0.547. The van der Waals surface area contributed by atoms with Gasteiger partial charge >= 0.3 is 0 Å². The highest BCUT2D eigenvalue weighted by Gasteiger charge is 2.51. The zero-order valence-electron chi connectivity index (χ0n) is 28.8. The first-order valence-corrected chi connectivity index (χ1v) is 24.7. The molecule has 0 radical (unpaired) electrons. The third kappa shape index (κ3) is 4.53. The van der Waals surface area contributed by atoms with Crippen molar-refractivity contribution in [3.63, 3.8) is 0 Å². The molecule has 8 rings (SSSR count). The van der Waals surface area contributed by atoms with Crippen molar-refractivity contribution in [2.24, 2.45) is 0 Å². The van der Waals surface area contributed by atoms with Gasteiger partial charge in [0.05, 0.1) is 28.2 Å². The first-order chi connectivity index (χ1) is 21.3. The fourth-order valence-corrected chi connectivity index (χ4v) is 12.5. The second-order valence-electron chi connectivity index (χ2n) is 17.2. The van der Waals surface area contributed by atoms with Crippen LogP contribution in [0.3, 0.4) is 0 Å². The Kier molecular flexibility index (Phi) is 6.49. The fourth-order valence-electron chi connectivity index (χ4n) is 9.70. The normalized spacial score (nSPS) is 26.0. The molecule has 45 heavy (non-hydrogen) atoms. The summed E-state index contributed by atoms with van der Waals surface area (Å²) >= 11 is 0. The molecule has 2 heterocycles. The lowest BCUT2D eigenvalue weighted by atomic mass is 9.86. The summed E-state index contributed by atoms with van der Waals surface area (Å²) in [4.78, 5) is 5.62. The van der Waals surface area contributed by atoms with Gasteiger partial charge in [0.25, 0.3) is 0 Å². The van der Waals surface area contributed by atoms with Crippen LogP contribution in [0.5, 0.6) is 0 Å². The highest BCUT2D eigenvalue weighted by atomic mass is 28.3. The Balaban J connectivity index is 1.22. The van der Waals surface area contributed by atoms with Crippen LogP contribution in [-0.2, 0) is 0 Å². The standard InChI is InChI=1S/C41H50N2Si2/c1-25-14-18-36-34(20-25)38-27(3)31-17-15-28(21-33(31)41(38)43(36)24-45(7,8)9)29-16-19-37-35(22-29)39-26(2)30-12-10-11-13-32(30)40(39)42(37)23-44(4,5)6/h10-22,26-27,38-41H,23-24H2,1-9H3. The Hall–Kier alpha value is -3.09. The van der Waals surface area contributed by atoms with Gasteiger partial charge in [0.1, 0.15) is 0 Å². The summed E-state index contributed by atoms with van der Waals surface area (Å²) in [7, 11) is -2.68. The van der Waals surface area contributed by atoms with Gasteiger partial charge in [-0.05, 0) is 87.5 Å². The van der Waals surface area contributed by atoms with Gasteiger partial charge in [-0.25, -0.2) is 0 Å². The highest BCUT2D eigenvalue weighted by Crippen LogP contribution is 2.63. The molecular weight excluding hydrogens is 577 g/mol. The van der Waals surface area contributed by atoms with Crippen molar-refractivity contribution < 1.29 is 0 Å². The van der Waals surface area contributed by atoms with Crippen molar-refractivity contribution in [1.82, 2.24) is 0 Å². The van der Waals surface area contributed by atoms with E-state index in [1.807, 2.05) is 0 Å². The second kappa shape index (κ2) is 9.96. The maximum atomic E-state index is 2.82. The second-order valence-corrected chi connectivity index (χ2v) is 28.1. The number of rotatable bonds is 5. The average molecular weight is 627 g/mol. The van der Waals surface area contributed by atoms with Crippen LogP contribution in [-0.4, -0.2) is 28.5 Å². The Morgan fingerprint density at radius 3 is 1.58 bits per heavy atom. The predicted molar refractivity (Wildman–Crippen MR) is 199 cm³/mol. The molecule has 0 spiro atoms. The van der Waals surface area contributed by atoms with E-state index < -0.39 is 16.1 Å². The predicted octanol–water partition coefficient (Wildman–Crippen LogP) is 10.9. The van der Waals surface area contributed by atoms with Gasteiger partial charge in [0.15, 0.2) is 0 Å². The molecule has 0 amide bonds. The van der Waals surface area contributed by atoms with Gasteiger partial charge in [-0.15, -0.1) is 0 Å². The minimum Gasteiger partial charge on any atom is -0.367 e. The topological polar surface area (TPSA) is 6.48 Å². The van der Waals surface area contributed by atoms with Gasteiger partial charge in [-0.3, -0.25) is 0 Å². The summed E-state index contributed by atoms with van der Waals surface area (Å²) in [6.45, 7) is 22.3. The van der Waals surface area contributed by atoms with E-state index in [0.717, 1.165) is 0 Å². The maximum Gasteiger partial charge on any atom is 0.0665 e. The van der Waals surface area contributed by atoms with Crippen LogP contribution in [0, 0.1) is 6.92 Å². The minimum absolute atomic E-state index is 0.439. The molecule has 0 fully saturated rings. The maximum absolute atomic E-state index is 2.82. The Morgan fingerprint density at radius 1 is 0.511 bits per heavy atom. The molecule has 0 saturated heterocycles. The molecule has 0 N–H and O–H groups in total. The number of hydrogen-bond donors (Lipinski definition) is 0. The van der Waals surface area contributed by atoms with Gasteiger partial charge in [-0.1, -0.05) is 113 Å². The van der Waals surface area contributed by atoms with E-state index >= 15 is 0 Å². The summed E-state index contributed by atoms with van der Waals surface area (Å²) < 4.78 is 0. The highest BCUT2D eigenvalue weighted by molar-refractivity contribution is 6.77. The van der Waals surface area contributed by atoms with Gasteiger partial charge in [0, 0.05) is 35.5 Å². The number of nitrogens with zero attached hydrogens (tertiary/aromatic N) is 2. The molecule has 0 bridgehead atoms. The van der Waals surface area contributed by atoms with E-state index in [4.69, 9.17) is 0 Å². The van der Waals surface area contributed by atoms with Crippen molar-refractivity contribution in [3.05, 3.63) is 118 Å². The lowest BCUT2D eigenvalue weighted by Gasteiger charge is -2.33. The van der Waals surface area contributed by atoms with Crippen molar-refractivity contribution in [3.8, 4) is 11.1 Å². The van der Waals surface area contributed by atoms with Crippen LogP contribution >= 0.6 is 0 Å². The quantitative estimate of drug-likeness (QED) is 0.203. The molecule has 4 heteroatoms. The van der Waals surface area contributed by atoms with Gasteiger partial charge in [0.2, 0.25) is 0 Å². The lowest BCUT2D eigenvalue weighted by Crippen LogP contribution is -2.40. The van der Waals surface area contributed by atoms with Crippen LogP contribution < -0.4 is 9.80 Å². The minimum atomic E-state index is -1.34. The van der Waals surface area contributed by atoms with Crippen molar-refractivity contribution >= 4 is 27.5 Å². The Bertz CT molecular complexity index is 1830. The monoisotopic (exact) mass is 626 g/mol. The summed E-state index contributed by atoms with van der Waals surface area (Å²) in [6.07, 6.45) is 2.40. The van der Waals surface area contributed by atoms with E-state index in [2.05, 4.69) is 149 Å². The number of hydrogen-bond acceptors (Lipinski definition) is 2. The van der Waals surface area contributed by atoms with Crippen LogP contribution in [0.15, 0.2) is 78.9 Å². The number of benzene rings is 4. The average Bonchev–Trinajstić information content (AvgIpc) is 3.65. The first-order valence-electron chi connectivity index (χ1n) is 17.3. The van der Waals surface area contributed by atoms with E-state index in [1.54, 1.807) is 33.4 Å². The van der Waals surface area contributed by atoms with E-state index in [9.17, 15) is 0 Å². The number of aryl methyl sites for hydroxylation is 1. The van der Waals surface area contributed by atoms with E-state index in [-0.39, 0.29) is 0 Å². The largest absolute Gasteiger partial charge is 0.367 e. The third-order valence-corrected chi connectivity index (χ3v) is 13.9.